The molecule has 3 aliphatic heterocycles. The molecule has 196 valence electrons. The van der Waals surface area contributed by atoms with Gasteiger partial charge >= 0.3 is 0 Å². The number of aryl methyl sites for hydroxylation is 1. The molecule has 0 amide bonds. The van der Waals surface area contributed by atoms with Crippen LogP contribution in [-0.2, 0) is 40.2 Å². The summed E-state index contributed by atoms with van der Waals surface area (Å²) < 4.78 is 68.7. The van der Waals surface area contributed by atoms with Crippen molar-refractivity contribution in [2.75, 3.05) is 12.4 Å². The third kappa shape index (κ3) is 5.60. The first-order valence-corrected chi connectivity index (χ1v) is 13.6. The largest absolute Gasteiger partial charge is 0.461 e. The Hall–Kier alpha value is -2.05. The van der Waals surface area contributed by atoms with E-state index in [2.05, 4.69) is 0 Å². The molecule has 2 aromatic rings. The van der Waals surface area contributed by atoms with E-state index in [9.17, 15) is 8.42 Å². The fraction of sp³-hybridized carbons (Fsp3) is 0.538. The molecule has 3 heterocycles. The summed E-state index contributed by atoms with van der Waals surface area (Å²) in [5.74, 6) is -1.35. The monoisotopic (exact) mass is 520 g/mol. The van der Waals surface area contributed by atoms with Crippen LogP contribution >= 0.6 is 0 Å². The summed E-state index contributed by atoms with van der Waals surface area (Å²) in [6.07, 6.45) is -2.25. The minimum Gasteiger partial charge on any atom is -0.461 e. The Morgan fingerprint density at radius 3 is 2.44 bits per heavy atom. The molecule has 3 fully saturated rings. The van der Waals surface area contributed by atoms with Gasteiger partial charge in [0.15, 0.2) is 17.7 Å². The molecule has 36 heavy (non-hydrogen) atoms. The Balaban J connectivity index is 1.41. The minimum absolute atomic E-state index is 0.199. The number of rotatable bonds is 6. The zero-order valence-electron chi connectivity index (χ0n) is 20.7. The predicted octanol–water partition coefficient (Wildman–Crippen LogP) is 3.56. The molecule has 0 radical (unpaired) electrons. The number of hydrogen-bond donors (Lipinski definition) is 1. The number of hydrogen-bond acceptors (Lipinski definition) is 8. The molecule has 3 saturated heterocycles. The van der Waals surface area contributed by atoms with Crippen LogP contribution in [0.2, 0.25) is 0 Å². The summed E-state index contributed by atoms with van der Waals surface area (Å²) in [7, 11) is -4.05. The molecule has 0 aromatic heterocycles. The Bertz CT molecular complexity index is 1210. The lowest BCUT2D eigenvalue weighted by Crippen LogP contribution is -2.64. The predicted molar refractivity (Wildman–Crippen MR) is 130 cm³/mol. The molecule has 9 nitrogen and oxygen atoms in total. The molecule has 0 aliphatic carbocycles. The van der Waals surface area contributed by atoms with Gasteiger partial charge in [-0.25, -0.2) is 0 Å². The molecular formula is C26H32O9S. The van der Waals surface area contributed by atoms with Gasteiger partial charge in [-0.05, 0) is 51.3 Å². The summed E-state index contributed by atoms with van der Waals surface area (Å²) in [5, 5.41) is 0. The Morgan fingerprint density at radius 1 is 0.944 bits per heavy atom. The van der Waals surface area contributed by atoms with Crippen LogP contribution in [-0.4, -0.2) is 67.6 Å². The second-order valence-electron chi connectivity index (χ2n) is 10.3. The Kier molecular flexibility index (Phi) is 6.65. The zero-order chi connectivity index (χ0) is 25.7. The molecule has 3 aliphatic rings. The molecular weight excluding hydrogens is 488 g/mol. The number of para-hydroxylation sites is 1. The molecule has 0 bridgehead atoms. The normalized spacial score (nSPS) is 30.9. The van der Waals surface area contributed by atoms with E-state index in [1.165, 1.54) is 0 Å². The van der Waals surface area contributed by atoms with Gasteiger partial charge in [-0.2, -0.15) is 8.42 Å². The first-order valence-electron chi connectivity index (χ1n) is 12.0. The molecule has 5 rings (SSSR count). The minimum atomic E-state index is -4.05. The number of ether oxygens (including phenoxy) is 6. The second kappa shape index (κ2) is 9.36. The average molecular weight is 521 g/mol. The topological polar surface area (TPSA) is 110 Å². The van der Waals surface area contributed by atoms with Crippen molar-refractivity contribution < 1.29 is 41.4 Å². The molecule has 0 unspecified atom stereocenters. The van der Waals surface area contributed by atoms with Gasteiger partial charge in [0.05, 0.1) is 12.4 Å². The van der Waals surface area contributed by atoms with Gasteiger partial charge in [-0.3, -0.25) is 4.55 Å². The fourth-order valence-corrected chi connectivity index (χ4v) is 5.40. The highest BCUT2D eigenvalue weighted by molar-refractivity contribution is 7.85. The maximum Gasteiger partial charge on any atom is 0.265 e. The van der Waals surface area contributed by atoms with Crippen molar-refractivity contribution in [1.82, 2.24) is 0 Å². The third-order valence-corrected chi connectivity index (χ3v) is 7.18. The fourth-order valence-electron chi connectivity index (χ4n) is 4.91. The zero-order valence-corrected chi connectivity index (χ0v) is 21.6. The number of fused-ring (bicyclic) bond motifs is 3. The van der Waals surface area contributed by atoms with Crippen molar-refractivity contribution in [3.05, 3.63) is 54.1 Å². The van der Waals surface area contributed by atoms with E-state index >= 15 is 0 Å². The van der Waals surface area contributed by atoms with Crippen LogP contribution in [0.25, 0.3) is 11.1 Å². The Morgan fingerprint density at radius 2 is 1.67 bits per heavy atom. The van der Waals surface area contributed by atoms with Crippen molar-refractivity contribution >= 4 is 10.1 Å². The molecule has 5 atom stereocenters. The number of benzene rings is 2. The first-order chi connectivity index (χ1) is 16.9. The van der Waals surface area contributed by atoms with Gasteiger partial charge in [-0.15, -0.1) is 0 Å². The summed E-state index contributed by atoms with van der Waals surface area (Å²) >= 11 is 0. The van der Waals surface area contributed by atoms with Crippen LogP contribution in [0.1, 0.15) is 33.3 Å². The van der Waals surface area contributed by atoms with Crippen LogP contribution in [0.15, 0.2) is 48.5 Å². The van der Waals surface area contributed by atoms with E-state index in [0.717, 1.165) is 16.7 Å². The van der Waals surface area contributed by atoms with Gasteiger partial charge in [0.1, 0.15) is 24.1 Å². The first kappa shape index (κ1) is 25.6. The van der Waals surface area contributed by atoms with E-state index in [1.807, 2.05) is 76.2 Å². The molecule has 0 saturated carbocycles. The maximum atomic E-state index is 11.2. The molecule has 2 aromatic carbocycles. The quantitative estimate of drug-likeness (QED) is 0.572. The van der Waals surface area contributed by atoms with Gasteiger partial charge in [0.25, 0.3) is 10.1 Å². The lowest BCUT2D eigenvalue weighted by atomic mass is 9.97. The standard InChI is InChI=1S/C26H32O9S/c1-25(2)30-15-20-21(33-25)22-23(35-26(3,4)34-22)24(32-20)31-19-11-6-5-10-18(19)17-9-7-8-16(14-17)12-13-36(27,28)29/h5-11,14,20-24H,12-13,15H2,1-4H3,(H,27,28,29)/t20-,21-,22+,23+,24+/m1/s1. The van der Waals surface area contributed by atoms with Crippen molar-refractivity contribution in [3.63, 3.8) is 0 Å². The van der Waals surface area contributed by atoms with Crippen LogP contribution < -0.4 is 4.74 Å². The average Bonchev–Trinajstić information content (AvgIpc) is 3.14. The summed E-state index contributed by atoms with van der Waals surface area (Å²) in [6, 6.07) is 15.0. The highest BCUT2D eigenvalue weighted by atomic mass is 32.2. The van der Waals surface area contributed by atoms with Crippen molar-refractivity contribution in [1.29, 1.82) is 0 Å². The van der Waals surface area contributed by atoms with Crippen molar-refractivity contribution in [2.24, 2.45) is 0 Å². The summed E-state index contributed by atoms with van der Waals surface area (Å²) in [5.41, 5.74) is 2.44. The van der Waals surface area contributed by atoms with E-state index < -0.39 is 46.3 Å². The lowest BCUT2D eigenvalue weighted by molar-refractivity contribution is -0.362. The van der Waals surface area contributed by atoms with Gasteiger partial charge in [0, 0.05) is 5.56 Å². The van der Waals surface area contributed by atoms with Gasteiger partial charge in [-0.1, -0.05) is 42.5 Å². The van der Waals surface area contributed by atoms with Crippen LogP contribution in [0.4, 0.5) is 0 Å². The highest BCUT2D eigenvalue weighted by Crippen LogP contribution is 2.43. The smallest absolute Gasteiger partial charge is 0.265 e. The summed E-state index contributed by atoms with van der Waals surface area (Å²) in [4.78, 5) is 0. The van der Waals surface area contributed by atoms with E-state index in [1.54, 1.807) is 0 Å². The van der Waals surface area contributed by atoms with E-state index in [4.69, 9.17) is 33.0 Å². The van der Waals surface area contributed by atoms with Crippen LogP contribution in [0.3, 0.4) is 0 Å². The SMILES string of the molecule is CC1(C)O[C@@H]2[C@H](O1)[C@@H](Oc1ccccc1-c1cccc(CCS(=O)(=O)O)c1)O[C@@H]1COC(C)(C)O[C@@H]21. The van der Waals surface area contributed by atoms with E-state index in [0.29, 0.717) is 12.4 Å². The Labute approximate surface area is 211 Å². The van der Waals surface area contributed by atoms with Crippen LogP contribution in [0.5, 0.6) is 5.75 Å². The third-order valence-electron chi connectivity index (χ3n) is 6.46. The van der Waals surface area contributed by atoms with Crippen molar-refractivity contribution in [2.45, 2.75) is 76.4 Å². The van der Waals surface area contributed by atoms with Gasteiger partial charge in [0.2, 0.25) is 6.29 Å². The molecule has 1 N–H and O–H groups in total. The van der Waals surface area contributed by atoms with Crippen LogP contribution in [0, 0.1) is 0 Å². The van der Waals surface area contributed by atoms with E-state index in [-0.39, 0.29) is 18.3 Å². The maximum absolute atomic E-state index is 11.2. The van der Waals surface area contributed by atoms with Gasteiger partial charge < -0.3 is 28.4 Å². The lowest BCUT2D eigenvalue weighted by Gasteiger charge is -2.48. The summed E-state index contributed by atoms with van der Waals surface area (Å²) in [6.45, 7) is 7.77. The molecule has 0 spiro atoms. The second-order valence-corrected chi connectivity index (χ2v) is 11.8. The highest BCUT2D eigenvalue weighted by Gasteiger charge is 2.59. The molecule has 10 heteroatoms. The van der Waals surface area contributed by atoms with Crippen molar-refractivity contribution in [3.8, 4) is 16.9 Å².